The molecule has 108 valence electrons. The Kier molecular flexibility index (Phi) is 4.51. The molecule has 0 spiro atoms. The van der Waals surface area contributed by atoms with Gasteiger partial charge in [0.2, 0.25) is 5.88 Å². The average Bonchev–Trinajstić information content (AvgIpc) is 2.75. The second-order valence-electron chi connectivity index (χ2n) is 4.41. The Hall–Kier alpha value is -1.73. The normalized spacial score (nSPS) is 12.4. The second kappa shape index (κ2) is 6.15. The van der Waals surface area contributed by atoms with Crippen LogP contribution in [0.25, 0.3) is 10.2 Å². The van der Waals surface area contributed by atoms with E-state index in [0.29, 0.717) is 17.4 Å². The van der Waals surface area contributed by atoms with E-state index in [1.165, 1.54) is 17.7 Å². The first kappa shape index (κ1) is 14.7. The first-order valence-corrected chi connectivity index (χ1v) is 7.19. The highest BCUT2D eigenvalue weighted by atomic mass is 32.1. The van der Waals surface area contributed by atoms with Crippen molar-refractivity contribution in [3.8, 4) is 5.88 Å². The number of hydrogen-bond donors (Lipinski definition) is 2. The maximum absolute atomic E-state index is 12.1. The number of thiophene rings is 1. The van der Waals surface area contributed by atoms with E-state index in [9.17, 15) is 9.90 Å². The molecule has 2 rings (SSSR count). The number of nitrogens with one attached hydrogen (secondary N) is 1. The molecule has 1 amide bonds. The van der Waals surface area contributed by atoms with Crippen LogP contribution >= 0.6 is 11.3 Å². The molecular formula is C13H17N3O3S. The number of fused-ring (bicyclic) bond motifs is 1. The van der Waals surface area contributed by atoms with Crippen molar-refractivity contribution in [3.05, 3.63) is 16.8 Å². The maximum Gasteiger partial charge on any atom is 0.261 e. The topological polar surface area (TPSA) is 84.3 Å². The number of aliphatic hydroxyl groups is 1. The molecule has 0 aliphatic heterocycles. The maximum atomic E-state index is 12.1. The fourth-order valence-electron chi connectivity index (χ4n) is 1.82. The standard InChI is InChI=1S/C13H17N3O3S/c1-4-19-12-9-8(3)10(11(18)14-5-7(2)17)20-13(9)16-6-15-12/h6-7,17H,4-5H2,1-3H3,(H,14,18). The molecule has 0 saturated heterocycles. The lowest BCUT2D eigenvalue weighted by atomic mass is 10.2. The average molecular weight is 295 g/mol. The number of nitrogens with zero attached hydrogens (tertiary/aromatic N) is 2. The number of aromatic nitrogens is 2. The van der Waals surface area contributed by atoms with Gasteiger partial charge < -0.3 is 15.2 Å². The minimum Gasteiger partial charge on any atom is -0.477 e. The molecule has 0 aliphatic carbocycles. The number of ether oxygens (including phenoxy) is 1. The van der Waals surface area contributed by atoms with E-state index in [-0.39, 0.29) is 12.5 Å². The molecule has 2 N–H and O–H groups in total. The summed E-state index contributed by atoms with van der Waals surface area (Å²) in [5, 5.41) is 12.7. The van der Waals surface area contributed by atoms with Crippen molar-refractivity contribution in [1.29, 1.82) is 0 Å². The zero-order valence-corrected chi connectivity index (χ0v) is 12.5. The van der Waals surface area contributed by atoms with Crippen LogP contribution in [0, 0.1) is 6.92 Å². The number of rotatable bonds is 5. The summed E-state index contributed by atoms with van der Waals surface area (Å²) in [7, 11) is 0. The molecule has 0 aliphatic rings. The van der Waals surface area contributed by atoms with Gasteiger partial charge in [-0.1, -0.05) is 0 Å². The first-order valence-electron chi connectivity index (χ1n) is 6.37. The Bertz CT molecular complexity index is 625. The van der Waals surface area contributed by atoms with Gasteiger partial charge in [0, 0.05) is 6.54 Å². The van der Waals surface area contributed by atoms with Crippen molar-refractivity contribution in [2.24, 2.45) is 0 Å². The molecule has 2 heterocycles. The van der Waals surface area contributed by atoms with E-state index in [2.05, 4.69) is 15.3 Å². The van der Waals surface area contributed by atoms with Crippen LogP contribution in [0.3, 0.4) is 0 Å². The van der Waals surface area contributed by atoms with Crippen LogP contribution in [-0.2, 0) is 0 Å². The highest BCUT2D eigenvalue weighted by molar-refractivity contribution is 7.20. The highest BCUT2D eigenvalue weighted by Gasteiger charge is 2.19. The zero-order valence-electron chi connectivity index (χ0n) is 11.6. The van der Waals surface area contributed by atoms with E-state index in [0.717, 1.165) is 15.8 Å². The van der Waals surface area contributed by atoms with E-state index in [1.54, 1.807) is 6.92 Å². The van der Waals surface area contributed by atoms with Crippen LogP contribution in [-0.4, -0.2) is 40.2 Å². The summed E-state index contributed by atoms with van der Waals surface area (Å²) in [4.78, 5) is 21.7. The fourth-order valence-corrected chi connectivity index (χ4v) is 2.88. The zero-order chi connectivity index (χ0) is 14.7. The van der Waals surface area contributed by atoms with Gasteiger partial charge in [-0.3, -0.25) is 4.79 Å². The van der Waals surface area contributed by atoms with Crippen molar-refractivity contribution in [2.75, 3.05) is 13.2 Å². The largest absolute Gasteiger partial charge is 0.477 e. The molecule has 0 aromatic carbocycles. The molecule has 6 nitrogen and oxygen atoms in total. The summed E-state index contributed by atoms with van der Waals surface area (Å²) in [5.74, 6) is 0.287. The van der Waals surface area contributed by atoms with E-state index >= 15 is 0 Å². The Morgan fingerprint density at radius 2 is 2.30 bits per heavy atom. The third-order valence-electron chi connectivity index (χ3n) is 2.74. The Balaban J connectivity index is 2.38. The SMILES string of the molecule is CCOc1ncnc2sc(C(=O)NCC(C)O)c(C)c12. The van der Waals surface area contributed by atoms with Crippen molar-refractivity contribution >= 4 is 27.5 Å². The Morgan fingerprint density at radius 1 is 1.55 bits per heavy atom. The number of aliphatic hydroxyl groups excluding tert-OH is 1. The van der Waals surface area contributed by atoms with Crippen LogP contribution in [0.4, 0.5) is 0 Å². The summed E-state index contributed by atoms with van der Waals surface area (Å²) >= 11 is 1.30. The molecule has 0 fully saturated rings. The van der Waals surface area contributed by atoms with Crippen LogP contribution < -0.4 is 10.1 Å². The molecule has 2 aromatic heterocycles. The summed E-state index contributed by atoms with van der Waals surface area (Å²) < 4.78 is 5.48. The smallest absolute Gasteiger partial charge is 0.261 e. The van der Waals surface area contributed by atoms with Crippen molar-refractivity contribution in [1.82, 2.24) is 15.3 Å². The van der Waals surface area contributed by atoms with Gasteiger partial charge in [0.1, 0.15) is 11.2 Å². The summed E-state index contributed by atoms with van der Waals surface area (Å²) in [6.45, 7) is 6.08. The van der Waals surface area contributed by atoms with Gasteiger partial charge in [0.05, 0.1) is 23.0 Å². The summed E-state index contributed by atoms with van der Waals surface area (Å²) in [6.07, 6.45) is 0.855. The quantitative estimate of drug-likeness (QED) is 0.873. The lowest BCUT2D eigenvalue weighted by molar-refractivity contribution is 0.0927. The van der Waals surface area contributed by atoms with Crippen LogP contribution in [0.5, 0.6) is 5.88 Å². The highest BCUT2D eigenvalue weighted by Crippen LogP contribution is 2.34. The molecule has 1 atom stereocenters. The monoisotopic (exact) mass is 295 g/mol. The lowest BCUT2D eigenvalue weighted by Gasteiger charge is -2.06. The predicted molar refractivity (Wildman–Crippen MR) is 77.3 cm³/mol. The molecule has 20 heavy (non-hydrogen) atoms. The van der Waals surface area contributed by atoms with Crippen molar-refractivity contribution in [3.63, 3.8) is 0 Å². The Labute approximate surface area is 120 Å². The summed E-state index contributed by atoms with van der Waals surface area (Å²) in [5.41, 5.74) is 0.803. The molecule has 1 unspecified atom stereocenters. The van der Waals surface area contributed by atoms with Gasteiger partial charge in [0.15, 0.2) is 0 Å². The van der Waals surface area contributed by atoms with Gasteiger partial charge >= 0.3 is 0 Å². The van der Waals surface area contributed by atoms with E-state index in [1.807, 2.05) is 13.8 Å². The molecular weight excluding hydrogens is 278 g/mol. The number of carbonyl (C=O) groups excluding carboxylic acids is 1. The second-order valence-corrected chi connectivity index (χ2v) is 5.41. The predicted octanol–water partition coefficient (Wildman–Crippen LogP) is 1.51. The molecule has 0 bridgehead atoms. The summed E-state index contributed by atoms with van der Waals surface area (Å²) in [6, 6.07) is 0. The molecule has 0 radical (unpaired) electrons. The number of carbonyl (C=O) groups is 1. The molecule has 0 saturated carbocycles. The van der Waals surface area contributed by atoms with Crippen LogP contribution in [0.1, 0.15) is 29.1 Å². The number of aryl methyl sites for hydroxylation is 1. The van der Waals surface area contributed by atoms with Crippen molar-refractivity contribution in [2.45, 2.75) is 26.9 Å². The van der Waals surface area contributed by atoms with E-state index < -0.39 is 6.10 Å². The van der Waals surface area contributed by atoms with Gasteiger partial charge in [-0.25, -0.2) is 9.97 Å². The molecule has 7 heteroatoms. The van der Waals surface area contributed by atoms with Crippen LogP contribution in [0.2, 0.25) is 0 Å². The van der Waals surface area contributed by atoms with Gasteiger partial charge in [-0.15, -0.1) is 11.3 Å². The van der Waals surface area contributed by atoms with Gasteiger partial charge in [0.25, 0.3) is 5.91 Å². The number of amides is 1. The minimum absolute atomic E-state index is 0.214. The Morgan fingerprint density at radius 3 is 2.95 bits per heavy atom. The fraction of sp³-hybridized carbons (Fsp3) is 0.462. The van der Waals surface area contributed by atoms with Gasteiger partial charge in [-0.05, 0) is 26.3 Å². The van der Waals surface area contributed by atoms with Crippen LogP contribution in [0.15, 0.2) is 6.33 Å². The minimum atomic E-state index is -0.576. The van der Waals surface area contributed by atoms with Crippen molar-refractivity contribution < 1.29 is 14.6 Å². The lowest BCUT2D eigenvalue weighted by Crippen LogP contribution is -2.30. The van der Waals surface area contributed by atoms with E-state index in [4.69, 9.17) is 4.74 Å². The third kappa shape index (κ3) is 2.88. The molecule has 2 aromatic rings. The van der Waals surface area contributed by atoms with Gasteiger partial charge in [-0.2, -0.15) is 0 Å². The first-order chi connectivity index (χ1) is 9.54. The number of hydrogen-bond acceptors (Lipinski definition) is 6. The third-order valence-corrected chi connectivity index (χ3v) is 3.94.